The van der Waals surface area contributed by atoms with Crippen LogP contribution in [0.15, 0.2) is 30.3 Å². The number of hydrogen-bond acceptors (Lipinski definition) is 2. The molecule has 3 nitrogen and oxygen atoms in total. The van der Waals surface area contributed by atoms with E-state index in [4.69, 9.17) is 4.52 Å². The van der Waals surface area contributed by atoms with Crippen LogP contribution in [0, 0.1) is 0 Å². The quantitative estimate of drug-likeness (QED) is 0.477. The molecule has 4 heteroatoms. The number of hydrogen-bond donors (Lipinski definition) is 1. The van der Waals surface area contributed by atoms with Crippen molar-refractivity contribution in [1.82, 2.24) is 0 Å². The fourth-order valence-corrected chi connectivity index (χ4v) is 3.19. The molecule has 20 heavy (non-hydrogen) atoms. The predicted molar refractivity (Wildman–Crippen MR) is 84.5 cm³/mol. The molecule has 1 rings (SSSR count). The van der Waals surface area contributed by atoms with Crippen LogP contribution in [0.2, 0.25) is 0 Å². The second-order valence-electron chi connectivity index (χ2n) is 5.16. The SMILES string of the molecule is CCCCCCCCCCOP(=O)(O)c1ccccc1. The topological polar surface area (TPSA) is 46.5 Å². The Morgan fingerprint density at radius 1 is 0.950 bits per heavy atom. The van der Waals surface area contributed by atoms with E-state index in [0.717, 1.165) is 12.8 Å². The molecule has 0 aromatic heterocycles. The van der Waals surface area contributed by atoms with E-state index in [-0.39, 0.29) is 0 Å². The maximum Gasteiger partial charge on any atom is 0.358 e. The van der Waals surface area contributed by atoms with Gasteiger partial charge in [0.15, 0.2) is 0 Å². The first kappa shape index (κ1) is 17.4. The highest BCUT2D eigenvalue weighted by molar-refractivity contribution is 7.61. The van der Waals surface area contributed by atoms with Gasteiger partial charge in [-0.3, -0.25) is 4.57 Å². The molecule has 0 saturated heterocycles. The Hall–Kier alpha value is -0.630. The lowest BCUT2D eigenvalue weighted by Gasteiger charge is -2.12. The summed E-state index contributed by atoms with van der Waals surface area (Å²) >= 11 is 0. The Morgan fingerprint density at radius 2 is 1.50 bits per heavy atom. The van der Waals surface area contributed by atoms with E-state index >= 15 is 0 Å². The van der Waals surface area contributed by atoms with Crippen molar-refractivity contribution < 1.29 is 14.0 Å². The third-order valence-corrected chi connectivity index (χ3v) is 4.83. The van der Waals surface area contributed by atoms with Crippen LogP contribution < -0.4 is 5.30 Å². The number of rotatable bonds is 11. The molecule has 0 bridgehead atoms. The number of unbranched alkanes of at least 4 members (excludes halogenated alkanes) is 7. The van der Waals surface area contributed by atoms with Crippen molar-refractivity contribution in [1.29, 1.82) is 0 Å². The summed E-state index contributed by atoms with van der Waals surface area (Å²) in [7, 11) is -3.62. The van der Waals surface area contributed by atoms with Crippen LogP contribution in [0.4, 0.5) is 0 Å². The van der Waals surface area contributed by atoms with Gasteiger partial charge in [-0.05, 0) is 18.6 Å². The monoisotopic (exact) mass is 298 g/mol. The smallest absolute Gasteiger partial charge is 0.321 e. The molecular formula is C16H27O3P. The maximum absolute atomic E-state index is 12.0. The minimum atomic E-state index is -3.62. The third kappa shape index (κ3) is 7.23. The molecule has 1 aromatic rings. The first-order chi connectivity index (χ1) is 9.67. The van der Waals surface area contributed by atoms with Crippen LogP contribution in [0.1, 0.15) is 58.3 Å². The second kappa shape index (κ2) is 10.1. The van der Waals surface area contributed by atoms with Crippen molar-refractivity contribution in [3.8, 4) is 0 Å². The van der Waals surface area contributed by atoms with Crippen LogP contribution in [0.25, 0.3) is 0 Å². The summed E-state index contributed by atoms with van der Waals surface area (Å²) in [5.74, 6) is 0. The molecular weight excluding hydrogens is 271 g/mol. The van der Waals surface area contributed by atoms with Crippen molar-refractivity contribution in [3.63, 3.8) is 0 Å². The largest absolute Gasteiger partial charge is 0.358 e. The number of benzene rings is 1. The van der Waals surface area contributed by atoms with Gasteiger partial charge in [0.2, 0.25) is 0 Å². The lowest BCUT2D eigenvalue weighted by atomic mass is 10.1. The summed E-state index contributed by atoms with van der Waals surface area (Å²) in [6, 6.07) is 8.58. The molecule has 0 radical (unpaired) electrons. The molecule has 0 heterocycles. The minimum absolute atomic E-state index is 0.359. The van der Waals surface area contributed by atoms with Gasteiger partial charge in [-0.25, -0.2) is 0 Å². The molecule has 0 amide bonds. The fraction of sp³-hybridized carbons (Fsp3) is 0.625. The van der Waals surface area contributed by atoms with E-state index < -0.39 is 7.60 Å². The molecule has 0 spiro atoms. The standard InChI is InChI=1S/C16H27O3P/c1-2-3-4-5-6-7-8-12-15-19-20(17,18)16-13-10-9-11-14-16/h9-11,13-14H,2-8,12,15H2,1H3,(H,17,18). The summed E-state index contributed by atoms with van der Waals surface area (Å²) < 4.78 is 17.1. The van der Waals surface area contributed by atoms with Crippen molar-refractivity contribution in [2.45, 2.75) is 58.3 Å². The van der Waals surface area contributed by atoms with E-state index in [1.807, 2.05) is 6.07 Å². The molecule has 1 N–H and O–H groups in total. The Kier molecular flexibility index (Phi) is 8.84. The molecule has 0 saturated carbocycles. The Balaban J connectivity index is 2.08. The highest BCUT2D eigenvalue weighted by Crippen LogP contribution is 2.40. The van der Waals surface area contributed by atoms with E-state index in [2.05, 4.69) is 6.92 Å². The molecule has 0 aliphatic carbocycles. The normalized spacial score (nSPS) is 14.1. The Labute approximate surface area is 122 Å². The van der Waals surface area contributed by atoms with E-state index in [1.54, 1.807) is 24.3 Å². The maximum atomic E-state index is 12.0. The Morgan fingerprint density at radius 3 is 2.10 bits per heavy atom. The van der Waals surface area contributed by atoms with Crippen molar-refractivity contribution in [2.75, 3.05) is 6.61 Å². The van der Waals surface area contributed by atoms with Crippen LogP contribution in [-0.4, -0.2) is 11.5 Å². The predicted octanol–water partition coefficient (Wildman–Crippen LogP) is 4.65. The van der Waals surface area contributed by atoms with Gasteiger partial charge in [-0.15, -0.1) is 0 Å². The highest BCUT2D eigenvalue weighted by Gasteiger charge is 2.21. The van der Waals surface area contributed by atoms with Gasteiger partial charge in [0, 0.05) is 0 Å². The molecule has 114 valence electrons. The lowest BCUT2D eigenvalue weighted by Crippen LogP contribution is -2.07. The van der Waals surface area contributed by atoms with E-state index in [9.17, 15) is 9.46 Å². The van der Waals surface area contributed by atoms with Gasteiger partial charge in [0.1, 0.15) is 0 Å². The summed E-state index contributed by atoms with van der Waals surface area (Å²) in [6.07, 6.45) is 9.60. The first-order valence-corrected chi connectivity index (χ1v) is 9.27. The van der Waals surface area contributed by atoms with E-state index in [1.165, 1.54) is 38.5 Å². The fourth-order valence-electron chi connectivity index (χ4n) is 2.12. The molecule has 1 unspecified atom stereocenters. The summed E-state index contributed by atoms with van der Waals surface area (Å²) in [4.78, 5) is 9.82. The van der Waals surface area contributed by atoms with Crippen molar-refractivity contribution in [2.24, 2.45) is 0 Å². The molecule has 1 atom stereocenters. The molecule has 0 fully saturated rings. The van der Waals surface area contributed by atoms with Crippen LogP contribution in [0.5, 0.6) is 0 Å². The average molecular weight is 298 g/mol. The molecule has 0 aliphatic heterocycles. The van der Waals surface area contributed by atoms with Crippen LogP contribution >= 0.6 is 7.60 Å². The van der Waals surface area contributed by atoms with Crippen molar-refractivity contribution >= 4 is 12.9 Å². The van der Waals surface area contributed by atoms with Gasteiger partial charge in [-0.2, -0.15) is 0 Å². The average Bonchev–Trinajstić information content (AvgIpc) is 2.46. The molecule has 0 aliphatic rings. The third-order valence-electron chi connectivity index (χ3n) is 3.35. The van der Waals surface area contributed by atoms with Crippen LogP contribution in [0.3, 0.4) is 0 Å². The Bertz CT molecular complexity index is 392. The van der Waals surface area contributed by atoms with Gasteiger partial charge in [0.25, 0.3) is 0 Å². The first-order valence-electron chi connectivity index (χ1n) is 7.70. The van der Waals surface area contributed by atoms with Gasteiger partial charge in [-0.1, -0.05) is 70.1 Å². The molecule has 1 aromatic carbocycles. The summed E-state index contributed by atoms with van der Waals surface area (Å²) in [5.41, 5.74) is 0. The minimum Gasteiger partial charge on any atom is -0.321 e. The highest BCUT2D eigenvalue weighted by atomic mass is 31.2. The van der Waals surface area contributed by atoms with Gasteiger partial charge in [0.05, 0.1) is 11.9 Å². The van der Waals surface area contributed by atoms with Crippen molar-refractivity contribution in [3.05, 3.63) is 30.3 Å². The van der Waals surface area contributed by atoms with E-state index in [0.29, 0.717) is 11.9 Å². The van der Waals surface area contributed by atoms with Gasteiger partial charge < -0.3 is 9.42 Å². The second-order valence-corrected chi connectivity index (χ2v) is 6.98. The zero-order chi connectivity index (χ0) is 14.7. The van der Waals surface area contributed by atoms with Gasteiger partial charge >= 0.3 is 7.60 Å². The summed E-state index contributed by atoms with van der Waals surface area (Å²) in [5, 5.41) is 0.375. The summed E-state index contributed by atoms with van der Waals surface area (Å²) in [6.45, 7) is 2.58. The lowest BCUT2D eigenvalue weighted by molar-refractivity contribution is 0.261. The zero-order valence-corrected chi connectivity index (χ0v) is 13.4. The zero-order valence-electron chi connectivity index (χ0n) is 12.5. The van der Waals surface area contributed by atoms with Crippen LogP contribution in [-0.2, 0) is 9.09 Å².